The van der Waals surface area contributed by atoms with Gasteiger partial charge in [-0.05, 0) is 33.5 Å². The van der Waals surface area contributed by atoms with E-state index in [4.69, 9.17) is 4.55 Å². The molecule has 0 bridgehead atoms. The lowest BCUT2D eigenvalue weighted by atomic mass is 10.3. The van der Waals surface area contributed by atoms with Crippen molar-refractivity contribution in [3.63, 3.8) is 0 Å². The number of nitrogens with zero attached hydrogens (tertiary/aromatic N) is 2. The fraction of sp³-hybridized carbons (Fsp3) is 0.900. The maximum absolute atomic E-state index is 11.3. The lowest BCUT2D eigenvalue weighted by Crippen LogP contribution is -2.33. The van der Waals surface area contributed by atoms with Gasteiger partial charge in [-0.3, -0.25) is 9.35 Å². The van der Waals surface area contributed by atoms with Crippen LogP contribution in [0.2, 0.25) is 0 Å². The average molecular weight is 266 g/mol. The summed E-state index contributed by atoms with van der Waals surface area (Å²) in [5, 5.41) is 0. The van der Waals surface area contributed by atoms with E-state index in [1.54, 1.807) is 4.90 Å². The van der Waals surface area contributed by atoms with Crippen LogP contribution in [0.1, 0.15) is 19.8 Å². The number of amides is 1. The smallest absolute Gasteiger partial charge is 0.264 e. The molecule has 0 atom stereocenters. The third-order valence-electron chi connectivity index (χ3n) is 2.31. The summed E-state index contributed by atoms with van der Waals surface area (Å²) in [5.74, 6) is -0.371. The van der Waals surface area contributed by atoms with E-state index in [2.05, 4.69) is 0 Å². The minimum atomic E-state index is -3.93. The van der Waals surface area contributed by atoms with Crippen LogP contribution in [0.5, 0.6) is 0 Å². The molecule has 102 valence electrons. The van der Waals surface area contributed by atoms with Crippen molar-refractivity contribution in [3.8, 4) is 0 Å². The summed E-state index contributed by atoms with van der Waals surface area (Å²) in [4.78, 5) is 14.9. The molecule has 0 aliphatic carbocycles. The fourth-order valence-electron chi connectivity index (χ4n) is 1.44. The SMILES string of the molecule is CC(=O)N(CCCN(C)C)CCCS(=O)(=O)O. The lowest BCUT2D eigenvalue weighted by Gasteiger charge is -2.21. The molecule has 0 fully saturated rings. The molecule has 0 aromatic heterocycles. The van der Waals surface area contributed by atoms with Crippen LogP contribution in [0.3, 0.4) is 0 Å². The zero-order valence-electron chi connectivity index (χ0n) is 10.7. The molecule has 0 rings (SSSR count). The molecule has 1 amide bonds. The number of carbonyl (C=O) groups is 1. The minimum Gasteiger partial charge on any atom is -0.343 e. The highest BCUT2D eigenvalue weighted by atomic mass is 32.2. The zero-order valence-corrected chi connectivity index (χ0v) is 11.5. The van der Waals surface area contributed by atoms with Gasteiger partial charge < -0.3 is 9.80 Å². The predicted molar refractivity (Wildman–Crippen MR) is 66.5 cm³/mol. The van der Waals surface area contributed by atoms with E-state index in [9.17, 15) is 13.2 Å². The van der Waals surface area contributed by atoms with Crippen molar-refractivity contribution in [2.45, 2.75) is 19.8 Å². The van der Waals surface area contributed by atoms with Crippen molar-refractivity contribution >= 4 is 16.0 Å². The van der Waals surface area contributed by atoms with Gasteiger partial charge in [0.15, 0.2) is 0 Å². The molecular weight excluding hydrogens is 244 g/mol. The first kappa shape index (κ1) is 16.3. The van der Waals surface area contributed by atoms with E-state index in [1.165, 1.54) is 6.92 Å². The van der Waals surface area contributed by atoms with Crippen LogP contribution in [0.4, 0.5) is 0 Å². The summed E-state index contributed by atoms with van der Waals surface area (Å²) in [6.07, 6.45) is 1.11. The molecule has 0 saturated heterocycles. The van der Waals surface area contributed by atoms with Crippen LogP contribution < -0.4 is 0 Å². The quantitative estimate of drug-likeness (QED) is 0.629. The molecular formula is C10H22N2O4S. The Hall–Kier alpha value is -0.660. The van der Waals surface area contributed by atoms with E-state index in [-0.39, 0.29) is 18.1 Å². The van der Waals surface area contributed by atoms with Gasteiger partial charge in [0.2, 0.25) is 5.91 Å². The number of hydrogen-bond acceptors (Lipinski definition) is 4. The van der Waals surface area contributed by atoms with Crippen molar-refractivity contribution in [2.24, 2.45) is 0 Å². The molecule has 1 N–H and O–H groups in total. The Morgan fingerprint density at radius 3 is 2.06 bits per heavy atom. The van der Waals surface area contributed by atoms with Crippen molar-refractivity contribution in [3.05, 3.63) is 0 Å². The Morgan fingerprint density at radius 2 is 1.65 bits per heavy atom. The van der Waals surface area contributed by atoms with Gasteiger partial charge in [-0.25, -0.2) is 0 Å². The summed E-state index contributed by atoms with van der Waals surface area (Å²) in [5.41, 5.74) is 0. The van der Waals surface area contributed by atoms with E-state index in [0.29, 0.717) is 13.1 Å². The van der Waals surface area contributed by atoms with Gasteiger partial charge in [0, 0.05) is 20.0 Å². The molecule has 0 aliphatic rings. The van der Waals surface area contributed by atoms with E-state index >= 15 is 0 Å². The highest BCUT2D eigenvalue weighted by molar-refractivity contribution is 7.85. The van der Waals surface area contributed by atoms with Gasteiger partial charge in [0.25, 0.3) is 10.1 Å². The van der Waals surface area contributed by atoms with Gasteiger partial charge in [0.05, 0.1) is 5.75 Å². The van der Waals surface area contributed by atoms with Gasteiger partial charge >= 0.3 is 0 Å². The molecule has 0 aliphatic heterocycles. The Bertz CT molecular complexity index is 327. The molecule has 6 nitrogen and oxygen atoms in total. The Balaban J connectivity index is 3.95. The molecule has 0 unspecified atom stereocenters. The maximum Gasteiger partial charge on any atom is 0.264 e. The van der Waals surface area contributed by atoms with Crippen molar-refractivity contribution in [2.75, 3.05) is 39.5 Å². The average Bonchev–Trinajstić information content (AvgIpc) is 2.12. The normalized spacial score (nSPS) is 11.8. The monoisotopic (exact) mass is 266 g/mol. The summed E-state index contributed by atoms with van der Waals surface area (Å²) in [6.45, 7) is 3.31. The number of hydrogen-bond donors (Lipinski definition) is 1. The molecule has 0 radical (unpaired) electrons. The molecule has 7 heteroatoms. The molecule has 0 heterocycles. The largest absolute Gasteiger partial charge is 0.343 e. The maximum atomic E-state index is 11.3. The topological polar surface area (TPSA) is 77.9 Å². The van der Waals surface area contributed by atoms with Gasteiger partial charge in [-0.2, -0.15) is 8.42 Å². The van der Waals surface area contributed by atoms with Crippen LogP contribution in [0.15, 0.2) is 0 Å². The third kappa shape index (κ3) is 10.2. The number of carbonyl (C=O) groups excluding carboxylic acids is 1. The lowest BCUT2D eigenvalue weighted by molar-refractivity contribution is -0.129. The summed E-state index contributed by atoms with van der Waals surface area (Å²) < 4.78 is 29.6. The van der Waals surface area contributed by atoms with E-state index in [0.717, 1.165) is 13.0 Å². The Labute approximate surface area is 103 Å². The standard InChI is InChI=1S/C10H22N2O4S/c1-10(13)12(7-4-6-11(2)3)8-5-9-17(14,15)16/h4-9H2,1-3H3,(H,14,15,16). The van der Waals surface area contributed by atoms with Crippen molar-refractivity contribution in [1.82, 2.24) is 9.80 Å². The van der Waals surface area contributed by atoms with Crippen molar-refractivity contribution in [1.29, 1.82) is 0 Å². The first-order valence-corrected chi connectivity index (χ1v) is 7.18. The zero-order chi connectivity index (χ0) is 13.5. The second kappa shape index (κ2) is 7.62. The van der Waals surface area contributed by atoms with Crippen LogP contribution in [-0.4, -0.2) is 68.2 Å². The fourth-order valence-corrected chi connectivity index (χ4v) is 1.94. The number of rotatable bonds is 8. The van der Waals surface area contributed by atoms with Crippen LogP contribution >= 0.6 is 0 Å². The Kier molecular flexibility index (Phi) is 7.33. The summed E-state index contributed by atoms with van der Waals surface area (Å²) in [7, 11) is -0.0160. The molecule has 0 spiro atoms. The Morgan fingerprint density at radius 1 is 1.12 bits per heavy atom. The van der Waals surface area contributed by atoms with Crippen LogP contribution in [-0.2, 0) is 14.9 Å². The molecule has 0 aromatic carbocycles. The molecule has 17 heavy (non-hydrogen) atoms. The van der Waals surface area contributed by atoms with Crippen LogP contribution in [0, 0.1) is 0 Å². The second-order valence-electron chi connectivity index (χ2n) is 4.30. The molecule has 0 saturated carbocycles. The third-order valence-corrected chi connectivity index (χ3v) is 3.11. The first-order chi connectivity index (χ1) is 7.72. The highest BCUT2D eigenvalue weighted by Gasteiger charge is 2.10. The molecule has 0 aromatic rings. The minimum absolute atomic E-state index is 0.0703. The van der Waals surface area contributed by atoms with Gasteiger partial charge in [-0.15, -0.1) is 0 Å². The second-order valence-corrected chi connectivity index (χ2v) is 5.87. The van der Waals surface area contributed by atoms with E-state index < -0.39 is 10.1 Å². The van der Waals surface area contributed by atoms with Gasteiger partial charge in [0.1, 0.15) is 0 Å². The summed E-state index contributed by atoms with van der Waals surface area (Å²) in [6, 6.07) is 0. The van der Waals surface area contributed by atoms with Gasteiger partial charge in [-0.1, -0.05) is 0 Å². The predicted octanol–water partition coefficient (Wildman–Crippen LogP) is 0.0645. The van der Waals surface area contributed by atoms with E-state index in [1.807, 2.05) is 19.0 Å². The summed E-state index contributed by atoms with van der Waals surface area (Å²) >= 11 is 0. The van der Waals surface area contributed by atoms with Crippen molar-refractivity contribution < 1.29 is 17.8 Å². The highest BCUT2D eigenvalue weighted by Crippen LogP contribution is 1.98. The first-order valence-electron chi connectivity index (χ1n) is 5.58. The van der Waals surface area contributed by atoms with Crippen LogP contribution in [0.25, 0.3) is 0 Å².